The number of hydrogen-bond acceptors (Lipinski definition) is 3. The van der Waals surface area contributed by atoms with E-state index >= 15 is 0 Å². The minimum atomic E-state index is -0.0642. The highest BCUT2D eigenvalue weighted by atomic mass is 16.3. The molecule has 0 aliphatic carbocycles. The van der Waals surface area contributed by atoms with Crippen molar-refractivity contribution in [1.82, 2.24) is 10.6 Å². The van der Waals surface area contributed by atoms with Gasteiger partial charge in [-0.1, -0.05) is 0 Å². The second-order valence-corrected chi connectivity index (χ2v) is 5.51. The van der Waals surface area contributed by atoms with Gasteiger partial charge < -0.3 is 15.7 Å². The average Bonchev–Trinajstić information content (AvgIpc) is 2.32. The van der Waals surface area contributed by atoms with Crippen LogP contribution in [0.4, 0.5) is 0 Å². The highest BCUT2D eigenvalue weighted by Crippen LogP contribution is 2.17. The lowest BCUT2D eigenvalue weighted by atomic mass is 9.95. The molecule has 4 nitrogen and oxygen atoms in total. The van der Waals surface area contributed by atoms with Crippen LogP contribution in [0.15, 0.2) is 18.2 Å². The number of hydrogen-bond donors (Lipinski definition) is 3. The smallest absolute Gasteiger partial charge is 0.251 e. The molecule has 0 radical (unpaired) electrons. The molecule has 1 aliphatic heterocycles. The number of carbonyl (C=O) groups is 1. The summed E-state index contributed by atoms with van der Waals surface area (Å²) in [5.74, 6) is 0.126. The molecular weight excluding hydrogens is 240 g/mol. The van der Waals surface area contributed by atoms with Crippen LogP contribution in [0, 0.1) is 6.92 Å². The predicted molar refractivity (Wildman–Crippen MR) is 75.4 cm³/mol. The Morgan fingerprint density at radius 2 is 2.11 bits per heavy atom. The zero-order valence-corrected chi connectivity index (χ0v) is 11.7. The van der Waals surface area contributed by atoms with Crippen molar-refractivity contribution in [2.45, 2.75) is 51.7 Å². The third-order valence-electron chi connectivity index (χ3n) is 3.83. The molecule has 1 saturated heterocycles. The lowest BCUT2D eigenvalue weighted by Gasteiger charge is -2.34. The van der Waals surface area contributed by atoms with E-state index in [0.717, 1.165) is 18.4 Å². The molecule has 4 heteroatoms. The van der Waals surface area contributed by atoms with Crippen LogP contribution in [0.5, 0.6) is 5.75 Å². The number of benzene rings is 1. The number of aryl methyl sites for hydroxylation is 1. The van der Waals surface area contributed by atoms with Crippen molar-refractivity contribution in [3.8, 4) is 5.75 Å². The quantitative estimate of drug-likeness (QED) is 0.763. The standard InChI is InChI=1S/C15H22N2O2/c1-9-8-12(18)5-6-13(9)15(19)17-14-7-4-10(2)16-11(14)3/h5-6,8,10-11,14,16,18H,4,7H2,1-3H3,(H,17,19). The van der Waals surface area contributed by atoms with Gasteiger partial charge in [0.1, 0.15) is 5.75 Å². The first-order valence-electron chi connectivity index (χ1n) is 6.84. The number of phenols is 1. The van der Waals surface area contributed by atoms with Crippen LogP contribution in [0.3, 0.4) is 0 Å². The minimum absolute atomic E-state index is 0.0642. The van der Waals surface area contributed by atoms with E-state index < -0.39 is 0 Å². The molecule has 1 aromatic rings. The number of aromatic hydroxyl groups is 1. The molecule has 0 bridgehead atoms. The SMILES string of the molecule is Cc1cc(O)ccc1C(=O)NC1CCC(C)NC1C. The van der Waals surface area contributed by atoms with Gasteiger partial charge in [0.15, 0.2) is 0 Å². The first-order chi connectivity index (χ1) is 8.97. The molecule has 3 atom stereocenters. The van der Waals surface area contributed by atoms with E-state index in [1.807, 2.05) is 6.92 Å². The van der Waals surface area contributed by atoms with Gasteiger partial charge in [-0.25, -0.2) is 0 Å². The predicted octanol–water partition coefficient (Wildman–Crippen LogP) is 1.96. The van der Waals surface area contributed by atoms with Gasteiger partial charge >= 0.3 is 0 Å². The number of amides is 1. The molecule has 0 aromatic heterocycles. The van der Waals surface area contributed by atoms with Gasteiger partial charge in [-0.15, -0.1) is 0 Å². The molecule has 1 heterocycles. The van der Waals surface area contributed by atoms with Crippen LogP contribution in [-0.2, 0) is 0 Å². The molecule has 104 valence electrons. The summed E-state index contributed by atoms with van der Waals surface area (Å²) in [7, 11) is 0. The Morgan fingerprint density at radius 1 is 1.37 bits per heavy atom. The normalized spacial score (nSPS) is 27.0. The summed E-state index contributed by atoms with van der Waals surface area (Å²) in [6.45, 7) is 6.10. The van der Waals surface area contributed by atoms with Crippen molar-refractivity contribution in [3.05, 3.63) is 29.3 Å². The van der Waals surface area contributed by atoms with Crippen molar-refractivity contribution in [3.63, 3.8) is 0 Å². The molecular formula is C15H22N2O2. The summed E-state index contributed by atoms with van der Waals surface area (Å²) < 4.78 is 0. The molecule has 0 saturated carbocycles. The van der Waals surface area contributed by atoms with Crippen LogP contribution in [0.1, 0.15) is 42.6 Å². The molecule has 1 amide bonds. The highest BCUT2D eigenvalue weighted by Gasteiger charge is 2.26. The summed E-state index contributed by atoms with van der Waals surface area (Å²) in [5.41, 5.74) is 1.42. The van der Waals surface area contributed by atoms with E-state index in [0.29, 0.717) is 11.6 Å². The minimum Gasteiger partial charge on any atom is -0.508 e. The zero-order chi connectivity index (χ0) is 14.0. The lowest BCUT2D eigenvalue weighted by molar-refractivity contribution is 0.0914. The molecule has 3 unspecified atom stereocenters. The van der Waals surface area contributed by atoms with Crippen molar-refractivity contribution in [2.75, 3.05) is 0 Å². The monoisotopic (exact) mass is 262 g/mol. The van der Waals surface area contributed by atoms with Crippen LogP contribution < -0.4 is 10.6 Å². The van der Waals surface area contributed by atoms with Gasteiger partial charge in [0.2, 0.25) is 0 Å². The van der Waals surface area contributed by atoms with Crippen LogP contribution >= 0.6 is 0 Å². The van der Waals surface area contributed by atoms with Crippen molar-refractivity contribution in [1.29, 1.82) is 0 Å². The van der Waals surface area contributed by atoms with Crippen LogP contribution in [0.2, 0.25) is 0 Å². The Balaban J connectivity index is 2.04. The van der Waals surface area contributed by atoms with Gasteiger partial charge in [-0.05, 0) is 57.4 Å². The van der Waals surface area contributed by atoms with Gasteiger partial charge in [0.05, 0.1) is 0 Å². The Kier molecular flexibility index (Phi) is 4.10. The third kappa shape index (κ3) is 3.26. The third-order valence-corrected chi connectivity index (χ3v) is 3.83. The molecule has 2 rings (SSSR count). The van der Waals surface area contributed by atoms with Gasteiger partial charge in [0.25, 0.3) is 5.91 Å². The maximum Gasteiger partial charge on any atom is 0.251 e. The Hall–Kier alpha value is -1.55. The highest BCUT2D eigenvalue weighted by molar-refractivity contribution is 5.96. The molecule has 1 aliphatic rings. The number of carbonyl (C=O) groups excluding carboxylic acids is 1. The molecule has 0 spiro atoms. The summed E-state index contributed by atoms with van der Waals surface area (Å²) in [6.07, 6.45) is 2.07. The van der Waals surface area contributed by atoms with E-state index in [-0.39, 0.29) is 23.7 Å². The second-order valence-electron chi connectivity index (χ2n) is 5.51. The maximum absolute atomic E-state index is 12.3. The Bertz CT molecular complexity index is 473. The molecule has 1 fully saturated rings. The van der Waals surface area contributed by atoms with E-state index in [9.17, 15) is 9.90 Å². The first kappa shape index (κ1) is 13.9. The zero-order valence-electron chi connectivity index (χ0n) is 11.7. The van der Waals surface area contributed by atoms with Crippen molar-refractivity contribution in [2.24, 2.45) is 0 Å². The number of rotatable bonds is 2. The number of piperidine rings is 1. The van der Waals surface area contributed by atoms with E-state index in [4.69, 9.17) is 0 Å². The van der Waals surface area contributed by atoms with Gasteiger partial charge in [-0.2, -0.15) is 0 Å². The Morgan fingerprint density at radius 3 is 2.74 bits per heavy atom. The Labute approximate surface area is 114 Å². The summed E-state index contributed by atoms with van der Waals surface area (Å²) in [6, 6.07) is 5.79. The maximum atomic E-state index is 12.3. The number of phenolic OH excluding ortho intramolecular Hbond substituents is 1. The van der Waals surface area contributed by atoms with E-state index in [1.54, 1.807) is 18.2 Å². The largest absolute Gasteiger partial charge is 0.508 e. The molecule has 1 aromatic carbocycles. The summed E-state index contributed by atoms with van der Waals surface area (Å²) in [4.78, 5) is 12.3. The van der Waals surface area contributed by atoms with E-state index in [2.05, 4.69) is 24.5 Å². The summed E-state index contributed by atoms with van der Waals surface area (Å²) in [5, 5.41) is 15.9. The topological polar surface area (TPSA) is 61.4 Å². The molecule has 19 heavy (non-hydrogen) atoms. The number of nitrogens with one attached hydrogen (secondary N) is 2. The fourth-order valence-corrected chi connectivity index (χ4v) is 2.67. The van der Waals surface area contributed by atoms with Crippen LogP contribution in [-0.4, -0.2) is 29.1 Å². The molecule has 3 N–H and O–H groups in total. The van der Waals surface area contributed by atoms with Gasteiger partial charge in [0, 0.05) is 23.7 Å². The lowest BCUT2D eigenvalue weighted by Crippen LogP contribution is -2.54. The fraction of sp³-hybridized carbons (Fsp3) is 0.533. The first-order valence-corrected chi connectivity index (χ1v) is 6.84. The van der Waals surface area contributed by atoms with Crippen molar-refractivity contribution < 1.29 is 9.90 Å². The second kappa shape index (κ2) is 5.61. The van der Waals surface area contributed by atoms with Crippen molar-refractivity contribution >= 4 is 5.91 Å². The average molecular weight is 262 g/mol. The van der Waals surface area contributed by atoms with Gasteiger partial charge in [-0.3, -0.25) is 4.79 Å². The van der Waals surface area contributed by atoms with Crippen LogP contribution in [0.25, 0.3) is 0 Å². The van der Waals surface area contributed by atoms with E-state index in [1.165, 1.54) is 0 Å². The summed E-state index contributed by atoms with van der Waals surface area (Å²) >= 11 is 0. The fourth-order valence-electron chi connectivity index (χ4n) is 2.67.